The van der Waals surface area contributed by atoms with Crippen LogP contribution in [0.15, 0.2) is 42.7 Å². The fourth-order valence-electron chi connectivity index (χ4n) is 1.65. The Morgan fingerprint density at radius 1 is 1.41 bits per heavy atom. The highest BCUT2D eigenvalue weighted by Gasteiger charge is 2.29. The lowest BCUT2D eigenvalue weighted by atomic mass is 10.0. The van der Waals surface area contributed by atoms with Crippen LogP contribution in [0.5, 0.6) is 0 Å². The summed E-state index contributed by atoms with van der Waals surface area (Å²) >= 11 is 0. The summed E-state index contributed by atoms with van der Waals surface area (Å²) < 4.78 is 4.83. The fraction of sp³-hybridized carbons (Fsp3) is 0.0769. The van der Waals surface area contributed by atoms with E-state index < -0.39 is 12.0 Å². The molecule has 1 aromatic carbocycles. The number of benzene rings is 1. The first-order valence-corrected chi connectivity index (χ1v) is 5.08. The molecule has 0 aliphatic carbocycles. The van der Waals surface area contributed by atoms with Crippen molar-refractivity contribution in [3.8, 4) is 0 Å². The zero-order valence-electron chi connectivity index (χ0n) is 9.32. The number of cyclic esters (lactones) is 1. The lowest BCUT2D eigenvalue weighted by molar-refractivity contribution is -0.116. The van der Waals surface area contributed by atoms with Gasteiger partial charge in [0, 0.05) is 5.57 Å². The minimum Gasteiger partial charge on any atom is -0.403 e. The van der Waals surface area contributed by atoms with E-state index >= 15 is 0 Å². The van der Waals surface area contributed by atoms with Gasteiger partial charge in [-0.25, -0.2) is 4.79 Å². The molecule has 4 heteroatoms. The quantitative estimate of drug-likeness (QED) is 0.790. The van der Waals surface area contributed by atoms with E-state index in [1.807, 2.05) is 31.2 Å². The third-order valence-corrected chi connectivity index (χ3v) is 2.39. The predicted octanol–water partition coefficient (Wildman–Crippen LogP) is 2.16. The second-order valence-corrected chi connectivity index (χ2v) is 3.66. The first kappa shape index (κ1) is 11.1. The Morgan fingerprint density at radius 3 is 2.71 bits per heavy atom. The van der Waals surface area contributed by atoms with E-state index in [0.717, 1.165) is 11.1 Å². The van der Waals surface area contributed by atoms with Gasteiger partial charge in [0.1, 0.15) is 0 Å². The maximum absolute atomic E-state index is 11.5. The molecule has 1 fully saturated rings. The van der Waals surface area contributed by atoms with Gasteiger partial charge in [-0.3, -0.25) is 10.1 Å². The van der Waals surface area contributed by atoms with Crippen LogP contribution in [0.2, 0.25) is 0 Å². The number of nitrogens with one attached hydrogen (secondary N) is 1. The zero-order valence-corrected chi connectivity index (χ0v) is 9.32. The van der Waals surface area contributed by atoms with E-state index in [1.165, 1.54) is 6.08 Å². The van der Waals surface area contributed by atoms with Gasteiger partial charge in [0.05, 0.1) is 0 Å². The second kappa shape index (κ2) is 4.25. The number of rotatable bonds is 2. The van der Waals surface area contributed by atoms with Crippen molar-refractivity contribution in [2.45, 2.75) is 6.92 Å². The van der Waals surface area contributed by atoms with Crippen LogP contribution in [-0.2, 0) is 9.53 Å². The number of carbonyl (C=O) groups is 2. The lowest BCUT2D eigenvalue weighted by Crippen LogP contribution is -2.18. The number of alkyl carbamates (subject to hydrolysis) is 1. The molecule has 86 valence electrons. The molecule has 1 N–H and O–H groups in total. The first-order chi connectivity index (χ1) is 8.11. The molecule has 2 rings (SSSR count). The maximum atomic E-state index is 11.5. The fourth-order valence-corrected chi connectivity index (χ4v) is 1.65. The number of hydrogen-bond acceptors (Lipinski definition) is 3. The molecule has 0 unspecified atom stereocenters. The number of amides is 2. The molecule has 0 radical (unpaired) electrons. The van der Waals surface area contributed by atoms with Crippen molar-refractivity contribution in [3.05, 3.63) is 53.8 Å². The SMILES string of the molecule is C=CC(=C1OC(=O)NC1=O)c1cccc(C)c1. The van der Waals surface area contributed by atoms with Gasteiger partial charge < -0.3 is 4.74 Å². The Hall–Kier alpha value is -2.36. The van der Waals surface area contributed by atoms with Crippen LogP contribution < -0.4 is 5.32 Å². The van der Waals surface area contributed by atoms with Crippen molar-refractivity contribution in [1.82, 2.24) is 5.32 Å². The van der Waals surface area contributed by atoms with Crippen LogP contribution in [-0.4, -0.2) is 12.0 Å². The number of imide groups is 1. The van der Waals surface area contributed by atoms with Gasteiger partial charge in [-0.2, -0.15) is 0 Å². The van der Waals surface area contributed by atoms with Crippen molar-refractivity contribution >= 4 is 17.6 Å². The van der Waals surface area contributed by atoms with Gasteiger partial charge in [0.15, 0.2) is 0 Å². The highest BCUT2D eigenvalue weighted by molar-refractivity contribution is 6.12. The summed E-state index contributed by atoms with van der Waals surface area (Å²) in [6.07, 6.45) is 0.749. The van der Waals surface area contributed by atoms with E-state index in [4.69, 9.17) is 4.74 Å². The van der Waals surface area contributed by atoms with E-state index in [2.05, 4.69) is 11.9 Å². The van der Waals surface area contributed by atoms with Gasteiger partial charge >= 0.3 is 6.09 Å². The molecular formula is C13H11NO3. The minimum atomic E-state index is -0.753. The number of allylic oxidation sites excluding steroid dienone is 2. The van der Waals surface area contributed by atoms with Gasteiger partial charge in [-0.05, 0) is 12.5 Å². The molecule has 0 atom stereocenters. The largest absolute Gasteiger partial charge is 0.419 e. The number of ether oxygens (including phenoxy) is 1. The zero-order chi connectivity index (χ0) is 12.4. The predicted molar refractivity (Wildman–Crippen MR) is 62.9 cm³/mol. The molecule has 1 heterocycles. The van der Waals surface area contributed by atoms with E-state index in [0.29, 0.717) is 5.57 Å². The standard InChI is InChI=1S/C13H11NO3/c1-3-10(9-6-4-5-8(2)7-9)11-12(15)14-13(16)17-11/h3-7H,1H2,2H3,(H,14,15,16). The molecule has 17 heavy (non-hydrogen) atoms. The van der Waals surface area contributed by atoms with Crippen LogP contribution in [0.1, 0.15) is 11.1 Å². The molecule has 4 nitrogen and oxygen atoms in total. The summed E-state index contributed by atoms with van der Waals surface area (Å²) in [5.74, 6) is -0.540. The van der Waals surface area contributed by atoms with Crippen LogP contribution in [0.3, 0.4) is 0 Å². The Bertz CT molecular complexity index is 543. The highest BCUT2D eigenvalue weighted by Crippen LogP contribution is 2.24. The van der Waals surface area contributed by atoms with E-state index in [9.17, 15) is 9.59 Å². The van der Waals surface area contributed by atoms with E-state index in [-0.39, 0.29) is 5.76 Å². The smallest absolute Gasteiger partial charge is 0.403 e. The van der Waals surface area contributed by atoms with Crippen LogP contribution in [0.4, 0.5) is 4.79 Å². The maximum Gasteiger partial charge on any atom is 0.419 e. The average Bonchev–Trinajstić information content (AvgIpc) is 2.59. The first-order valence-electron chi connectivity index (χ1n) is 5.08. The van der Waals surface area contributed by atoms with E-state index in [1.54, 1.807) is 0 Å². The summed E-state index contributed by atoms with van der Waals surface area (Å²) in [6.45, 7) is 5.58. The Kier molecular flexibility index (Phi) is 2.78. The average molecular weight is 229 g/mol. The van der Waals surface area contributed by atoms with Gasteiger partial charge in [-0.1, -0.05) is 42.5 Å². The minimum absolute atomic E-state index is 0.00407. The summed E-state index contributed by atoms with van der Waals surface area (Å²) in [5, 5.41) is 2.06. The number of aryl methyl sites for hydroxylation is 1. The summed E-state index contributed by atoms with van der Waals surface area (Å²) in [5.41, 5.74) is 2.35. The molecule has 0 spiro atoms. The van der Waals surface area contributed by atoms with Gasteiger partial charge in [-0.15, -0.1) is 0 Å². The molecule has 1 saturated heterocycles. The molecule has 2 amide bonds. The van der Waals surface area contributed by atoms with Crippen molar-refractivity contribution in [3.63, 3.8) is 0 Å². The van der Waals surface area contributed by atoms with Crippen molar-refractivity contribution in [1.29, 1.82) is 0 Å². The van der Waals surface area contributed by atoms with Crippen molar-refractivity contribution in [2.24, 2.45) is 0 Å². The third-order valence-electron chi connectivity index (χ3n) is 2.39. The molecule has 1 aliphatic heterocycles. The molecule has 0 saturated carbocycles. The third kappa shape index (κ3) is 2.10. The van der Waals surface area contributed by atoms with Crippen LogP contribution in [0.25, 0.3) is 5.57 Å². The Morgan fingerprint density at radius 2 is 2.18 bits per heavy atom. The normalized spacial score (nSPS) is 17.5. The summed E-state index contributed by atoms with van der Waals surface area (Å²) in [7, 11) is 0. The van der Waals surface area contributed by atoms with Crippen LogP contribution in [0, 0.1) is 6.92 Å². The summed E-state index contributed by atoms with van der Waals surface area (Å²) in [6, 6.07) is 7.53. The highest BCUT2D eigenvalue weighted by atomic mass is 16.6. The molecule has 1 aliphatic rings. The topological polar surface area (TPSA) is 55.4 Å². The Balaban J connectivity index is 2.54. The Labute approximate surface area is 98.6 Å². The van der Waals surface area contributed by atoms with Crippen molar-refractivity contribution < 1.29 is 14.3 Å². The molecule has 0 bridgehead atoms. The molecule has 0 aromatic heterocycles. The van der Waals surface area contributed by atoms with Gasteiger partial charge in [0.2, 0.25) is 5.76 Å². The van der Waals surface area contributed by atoms with Gasteiger partial charge in [0.25, 0.3) is 5.91 Å². The molecule has 1 aromatic rings. The summed E-state index contributed by atoms with van der Waals surface area (Å²) in [4.78, 5) is 22.4. The second-order valence-electron chi connectivity index (χ2n) is 3.66. The van der Waals surface area contributed by atoms with Crippen molar-refractivity contribution in [2.75, 3.05) is 0 Å². The van der Waals surface area contributed by atoms with Crippen LogP contribution >= 0.6 is 0 Å². The molecular weight excluding hydrogens is 218 g/mol. The monoisotopic (exact) mass is 229 g/mol. The lowest BCUT2D eigenvalue weighted by Gasteiger charge is -2.05. The number of hydrogen-bond donors (Lipinski definition) is 1. The number of carbonyl (C=O) groups excluding carboxylic acids is 2.